The number of ether oxygens (including phenoxy) is 2. The summed E-state index contributed by atoms with van der Waals surface area (Å²) in [5.74, 6) is -3.81. The summed E-state index contributed by atoms with van der Waals surface area (Å²) in [6.45, 7) is 4.29. The van der Waals surface area contributed by atoms with E-state index in [2.05, 4.69) is 58.8 Å². The molecule has 18 nitrogen and oxygen atoms in total. The number of nitrogens with one attached hydrogen (secondary N) is 2. The highest BCUT2D eigenvalue weighted by molar-refractivity contribution is 5.92. The summed E-state index contributed by atoms with van der Waals surface area (Å²) in [4.78, 5) is 39.1. The lowest BCUT2D eigenvalue weighted by molar-refractivity contribution is 0.0682. The summed E-state index contributed by atoms with van der Waals surface area (Å²) in [7, 11) is 7.22. The van der Waals surface area contributed by atoms with E-state index in [1.54, 1.807) is 26.6 Å². The van der Waals surface area contributed by atoms with Crippen LogP contribution in [0.3, 0.4) is 0 Å². The Kier molecular flexibility index (Phi) is 24.1. The summed E-state index contributed by atoms with van der Waals surface area (Å²) in [5, 5.41) is 84.8. The van der Waals surface area contributed by atoms with Gasteiger partial charge in [0.05, 0.1) is 26.6 Å². The van der Waals surface area contributed by atoms with Gasteiger partial charge in [0.2, 0.25) is 0 Å². The minimum atomic E-state index is -1.27. The molecule has 5 rings (SSSR count). The average Bonchev–Trinajstić information content (AvgIpc) is 3.26. The quantitative estimate of drug-likeness (QED) is 0.0556. The molecule has 0 amide bonds. The van der Waals surface area contributed by atoms with E-state index in [1.807, 2.05) is 38.6 Å². The van der Waals surface area contributed by atoms with Crippen LogP contribution in [0.15, 0.2) is 104 Å². The molecule has 2 atom stereocenters. The summed E-state index contributed by atoms with van der Waals surface area (Å²) in [6, 6.07) is 14.9. The van der Waals surface area contributed by atoms with Crippen LogP contribution in [0.1, 0.15) is 68.9 Å². The number of rotatable bonds is 13. The highest BCUT2D eigenvalue weighted by Gasteiger charge is 2.11. The lowest BCUT2D eigenvalue weighted by Gasteiger charge is -2.05. The number of aromatic hydroxyl groups is 6. The molecule has 0 saturated carbocycles. The van der Waals surface area contributed by atoms with Crippen molar-refractivity contribution in [3.8, 4) is 46.0 Å². The normalized spacial score (nSPS) is 11.1. The Morgan fingerprint density at radius 2 is 0.841 bits per heavy atom. The van der Waals surface area contributed by atoms with Crippen molar-refractivity contribution in [2.24, 2.45) is 0 Å². The molecule has 3 aromatic carbocycles. The van der Waals surface area contributed by atoms with Crippen molar-refractivity contribution in [3.63, 3.8) is 0 Å². The molecule has 0 bridgehead atoms. The van der Waals surface area contributed by atoms with Gasteiger partial charge in [-0.25, -0.2) is 14.4 Å². The standard InChI is InChI=1S/2C12H18N2O.3C7H6O4/c2*1-10(13-2)5-4-6-11-7-12(15-3)9-14-8-11;3*8-4-1-2-6(9)5(3-4)7(10)11/h2*4,6-10,13H,5H2,1-3H3;3*1-3,8-9H,(H,10,11)/b2*6-4+;;;/t2*10-;;;/m00.../s1. The lowest BCUT2D eigenvalue weighted by Crippen LogP contribution is -2.19. The monoisotopic (exact) mass is 874 g/mol. The van der Waals surface area contributed by atoms with Crippen LogP contribution in [0.4, 0.5) is 0 Å². The van der Waals surface area contributed by atoms with E-state index in [9.17, 15) is 14.4 Å². The predicted molar refractivity (Wildman–Crippen MR) is 236 cm³/mol. The fraction of sp³-hybridized carbons (Fsp3) is 0.222. The van der Waals surface area contributed by atoms with Crippen LogP contribution in [0, 0.1) is 0 Å². The predicted octanol–water partition coefficient (Wildman–Crippen LogP) is 6.59. The van der Waals surface area contributed by atoms with Gasteiger partial charge in [0.25, 0.3) is 0 Å². The highest BCUT2D eigenvalue weighted by atomic mass is 16.5. The zero-order valence-electron chi connectivity index (χ0n) is 35.5. The van der Waals surface area contributed by atoms with Gasteiger partial charge in [-0.2, -0.15) is 0 Å². The first kappa shape index (κ1) is 53.2. The Morgan fingerprint density at radius 1 is 0.540 bits per heavy atom. The first-order valence-corrected chi connectivity index (χ1v) is 18.8. The van der Waals surface area contributed by atoms with Crippen molar-refractivity contribution in [1.29, 1.82) is 0 Å². The minimum Gasteiger partial charge on any atom is -0.508 e. The molecule has 0 fully saturated rings. The van der Waals surface area contributed by atoms with E-state index >= 15 is 0 Å². The second-order valence-electron chi connectivity index (χ2n) is 13.0. The van der Waals surface area contributed by atoms with Crippen molar-refractivity contribution in [3.05, 3.63) is 131 Å². The molecule has 5 aromatic rings. The first-order valence-electron chi connectivity index (χ1n) is 18.8. The van der Waals surface area contributed by atoms with Gasteiger partial charge < -0.3 is 66.1 Å². The number of aromatic carboxylic acids is 3. The van der Waals surface area contributed by atoms with Gasteiger partial charge in [0.1, 0.15) is 62.7 Å². The van der Waals surface area contributed by atoms with E-state index < -0.39 is 17.9 Å². The van der Waals surface area contributed by atoms with E-state index in [0.717, 1.165) is 71.9 Å². The molecule has 0 aliphatic heterocycles. The molecule has 63 heavy (non-hydrogen) atoms. The number of nitrogens with zero attached hydrogens (tertiary/aromatic N) is 2. The van der Waals surface area contributed by atoms with Crippen molar-refractivity contribution in [1.82, 2.24) is 20.6 Å². The number of pyridine rings is 2. The molecule has 18 heteroatoms. The number of phenolic OH excluding ortho intramolecular Hbond substituents is 3. The van der Waals surface area contributed by atoms with Gasteiger partial charge in [0, 0.05) is 24.5 Å². The number of benzene rings is 3. The van der Waals surface area contributed by atoms with Crippen LogP contribution in [-0.4, -0.2) is 114 Å². The van der Waals surface area contributed by atoms with Crippen LogP contribution in [0.25, 0.3) is 12.2 Å². The van der Waals surface area contributed by atoms with E-state index in [-0.39, 0.29) is 51.2 Å². The number of carboxylic acid groups (broad SMARTS) is 3. The zero-order valence-corrected chi connectivity index (χ0v) is 35.5. The van der Waals surface area contributed by atoms with Crippen molar-refractivity contribution in [2.45, 2.75) is 38.8 Å². The van der Waals surface area contributed by atoms with Crippen LogP contribution in [0.5, 0.6) is 46.0 Å². The Bertz CT molecular complexity index is 2050. The van der Waals surface area contributed by atoms with Crippen molar-refractivity contribution in [2.75, 3.05) is 28.3 Å². The zero-order chi connectivity index (χ0) is 47.5. The molecule has 11 N–H and O–H groups in total. The fourth-order valence-electron chi connectivity index (χ4n) is 4.41. The molecule has 0 aliphatic rings. The highest BCUT2D eigenvalue weighted by Crippen LogP contribution is 2.23. The van der Waals surface area contributed by atoms with E-state index in [0.29, 0.717) is 12.1 Å². The third-order valence-electron chi connectivity index (χ3n) is 8.16. The Hall–Kier alpha value is -7.83. The number of methoxy groups -OCH3 is 2. The smallest absolute Gasteiger partial charge is 0.339 e. The molecule has 2 heterocycles. The molecule has 0 aliphatic carbocycles. The largest absolute Gasteiger partial charge is 0.508 e. The van der Waals surface area contributed by atoms with Crippen LogP contribution in [0.2, 0.25) is 0 Å². The molecule has 338 valence electrons. The van der Waals surface area contributed by atoms with Crippen LogP contribution in [-0.2, 0) is 0 Å². The lowest BCUT2D eigenvalue weighted by atomic mass is 10.2. The van der Waals surface area contributed by atoms with Crippen molar-refractivity contribution >= 4 is 30.1 Å². The molecule has 0 radical (unpaired) electrons. The number of aromatic nitrogens is 2. The Balaban J connectivity index is 0.000000397. The summed E-state index contributed by atoms with van der Waals surface area (Å²) in [6.07, 6.45) is 17.5. The maximum atomic E-state index is 10.3. The van der Waals surface area contributed by atoms with E-state index in [1.165, 1.54) is 18.2 Å². The molecule has 0 saturated heterocycles. The van der Waals surface area contributed by atoms with Gasteiger partial charge in [-0.15, -0.1) is 0 Å². The number of carboxylic acids is 3. The molecule has 0 spiro atoms. The van der Waals surface area contributed by atoms with Crippen molar-refractivity contribution < 1.29 is 69.8 Å². The van der Waals surface area contributed by atoms with Gasteiger partial charge in [-0.3, -0.25) is 9.97 Å². The third kappa shape index (κ3) is 21.3. The fourth-order valence-corrected chi connectivity index (χ4v) is 4.41. The second kappa shape index (κ2) is 28.6. The van der Waals surface area contributed by atoms with Gasteiger partial charge in [-0.1, -0.05) is 24.3 Å². The molecular weight excluding hydrogens is 821 g/mol. The molecular formula is C45H54N4O14. The number of hydrogen-bond acceptors (Lipinski definition) is 15. The second-order valence-corrected chi connectivity index (χ2v) is 13.0. The summed E-state index contributed by atoms with van der Waals surface area (Å²) in [5.41, 5.74) is 1.23. The van der Waals surface area contributed by atoms with Crippen LogP contribution < -0.4 is 20.1 Å². The third-order valence-corrected chi connectivity index (χ3v) is 8.16. The van der Waals surface area contributed by atoms with Gasteiger partial charge in [-0.05, 0) is 119 Å². The maximum Gasteiger partial charge on any atom is 0.339 e. The van der Waals surface area contributed by atoms with E-state index in [4.69, 9.17) is 55.4 Å². The summed E-state index contributed by atoms with van der Waals surface area (Å²) < 4.78 is 10.2. The van der Waals surface area contributed by atoms with Crippen LogP contribution >= 0.6 is 0 Å². The SMILES string of the molecule is CN[C@@H](C)C/C=C/c1cncc(OC)c1.CN[C@@H](C)C/C=C/c1cncc(OC)c1.O=C(O)c1cc(O)ccc1O.O=C(O)c1cc(O)ccc1O.O=C(O)c1cc(O)ccc1O. The van der Waals surface area contributed by atoms with Gasteiger partial charge >= 0.3 is 17.9 Å². The number of hydrogen-bond donors (Lipinski definition) is 11. The first-order chi connectivity index (χ1) is 29.8. The average molecular weight is 875 g/mol. The molecule has 2 aromatic heterocycles. The Morgan fingerprint density at radius 3 is 1.08 bits per heavy atom. The Labute approximate surface area is 364 Å². The number of phenols is 6. The minimum absolute atomic E-state index is 0.180. The summed E-state index contributed by atoms with van der Waals surface area (Å²) >= 11 is 0. The van der Waals surface area contributed by atoms with Gasteiger partial charge in [0.15, 0.2) is 0 Å². The maximum absolute atomic E-state index is 10.3. The molecule has 0 unspecified atom stereocenters. The number of carbonyl (C=O) groups is 3. The topological polar surface area (TPSA) is 302 Å².